The molecule has 1 aliphatic rings. The smallest absolute Gasteiger partial charge is 0.203 e. The summed E-state index contributed by atoms with van der Waals surface area (Å²) < 4.78 is 22.9. The number of hydrogen-bond acceptors (Lipinski definition) is 12. The van der Waals surface area contributed by atoms with Crippen LogP contribution in [0.15, 0.2) is 121 Å². The van der Waals surface area contributed by atoms with Gasteiger partial charge in [0.15, 0.2) is 17.2 Å². The minimum absolute atomic E-state index is 0.0219. The van der Waals surface area contributed by atoms with E-state index in [9.17, 15) is 5.11 Å². The van der Waals surface area contributed by atoms with Gasteiger partial charge in [0.25, 0.3) is 0 Å². The summed E-state index contributed by atoms with van der Waals surface area (Å²) in [5, 5.41) is 27.7. The van der Waals surface area contributed by atoms with E-state index >= 15 is 0 Å². The molecule has 0 saturated carbocycles. The molecule has 4 aromatic carbocycles. The SMILES string of the molecule is CCCCCCCCOc1cccc(O)c1OCCCCCCCC.CCCCCCON1C(c2ccccc2)=C(OC)C(c2ccccc2)N(CC)N1CC.COc1cnnnc1-c1ccccc1. The molecule has 1 aromatic heterocycles. The van der Waals surface area contributed by atoms with E-state index in [1.54, 1.807) is 26.5 Å². The van der Waals surface area contributed by atoms with Crippen molar-refractivity contribution in [2.75, 3.05) is 47.1 Å². The Morgan fingerprint density at radius 2 is 1.07 bits per heavy atom. The largest absolute Gasteiger partial charge is 0.504 e. The number of ether oxygens (including phenoxy) is 4. The maximum atomic E-state index is 10.1. The fraction of sp³-hybridized carbons (Fsp3) is 0.500. The second-order valence-corrected chi connectivity index (χ2v) is 17.3. The first-order valence-electron chi connectivity index (χ1n) is 26.2. The van der Waals surface area contributed by atoms with Crippen LogP contribution in [0.2, 0.25) is 0 Å². The maximum absolute atomic E-state index is 10.1. The monoisotopic (exact) mass is 961 g/mol. The van der Waals surface area contributed by atoms with Gasteiger partial charge in [0.2, 0.25) is 5.75 Å². The van der Waals surface area contributed by atoms with E-state index in [0.717, 1.165) is 54.9 Å². The number of nitrogens with zero attached hydrogens (tertiary/aromatic N) is 6. The van der Waals surface area contributed by atoms with Crippen molar-refractivity contribution in [1.29, 1.82) is 0 Å². The Hall–Kier alpha value is -5.69. The molecule has 1 atom stereocenters. The molecule has 0 bridgehead atoms. The lowest BCUT2D eigenvalue weighted by Crippen LogP contribution is -2.57. The standard InChI is InChI=1S/C26H37N3O2.C22H38O3.C10H9N3O/c1-5-8-9-16-21-31-29-25(23-19-14-11-15-20-23)26(30-4)24(22-17-12-10-13-18-22)27(6-2)28(29)7-3;1-3-5-7-9-11-13-18-24-21-17-15-16-20(23)22(21)25-19-14-12-10-8-6-4-2;1-14-9-7-11-13-12-10(9)8-5-3-2-4-6-8/h10-15,17-20,24H,5-9,16,21H2,1-4H3;15-17,23H,3-14,18-19H2,1-2H3;2-7H,1H3. The number of rotatable bonds is 29. The number of phenolic OH excluding ortho intramolecular Hbond substituents is 1. The third-order valence-corrected chi connectivity index (χ3v) is 12.0. The van der Waals surface area contributed by atoms with Crippen LogP contribution in [-0.2, 0) is 9.57 Å². The molecular weight excluding hydrogens is 877 g/mol. The molecule has 1 N–H and O–H groups in total. The summed E-state index contributed by atoms with van der Waals surface area (Å²) in [5.74, 6) is 2.87. The van der Waals surface area contributed by atoms with Crippen LogP contribution < -0.4 is 14.2 Å². The molecule has 0 amide bonds. The first-order chi connectivity index (χ1) is 34.5. The zero-order valence-electron chi connectivity index (χ0n) is 43.6. The summed E-state index contributed by atoms with van der Waals surface area (Å²) in [6, 6.07) is 36.1. The van der Waals surface area contributed by atoms with Crippen LogP contribution in [0.5, 0.6) is 23.0 Å². The minimum atomic E-state index is -0.0219. The number of hydrogen-bond donors (Lipinski definition) is 1. The Bertz CT molecular complexity index is 2130. The summed E-state index contributed by atoms with van der Waals surface area (Å²) >= 11 is 0. The molecule has 12 heteroatoms. The second kappa shape index (κ2) is 34.6. The van der Waals surface area contributed by atoms with E-state index in [4.69, 9.17) is 23.8 Å². The first kappa shape index (κ1) is 56.9. The highest BCUT2D eigenvalue weighted by Gasteiger charge is 2.41. The molecule has 0 radical (unpaired) electrons. The third kappa shape index (κ3) is 18.6. The molecule has 12 nitrogen and oxygen atoms in total. The molecule has 1 aliphatic heterocycles. The quantitative estimate of drug-likeness (QED) is 0.0460. The van der Waals surface area contributed by atoms with Gasteiger partial charge in [-0.05, 0) is 49.1 Å². The van der Waals surface area contributed by atoms with E-state index in [0.29, 0.717) is 42.8 Å². The van der Waals surface area contributed by atoms with Crippen LogP contribution in [0.1, 0.15) is 155 Å². The van der Waals surface area contributed by atoms with Gasteiger partial charge in [0.05, 0.1) is 40.2 Å². The van der Waals surface area contributed by atoms with Gasteiger partial charge in [-0.1, -0.05) is 208 Å². The molecule has 0 saturated heterocycles. The van der Waals surface area contributed by atoms with Gasteiger partial charge >= 0.3 is 0 Å². The minimum Gasteiger partial charge on any atom is -0.504 e. The van der Waals surface area contributed by atoms with E-state index in [1.807, 2.05) is 53.7 Å². The Morgan fingerprint density at radius 3 is 1.64 bits per heavy atom. The number of phenols is 1. The van der Waals surface area contributed by atoms with Gasteiger partial charge in [0.1, 0.15) is 23.2 Å². The topological polar surface area (TPSA) is 115 Å². The van der Waals surface area contributed by atoms with E-state index < -0.39 is 0 Å². The van der Waals surface area contributed by atoms with Crippen molar-refractivity contribution in [1.82, 2.24) is 30.7 Å². The summed E-state index contributed by atoms with van der Waals surface area (Å²) in [7, 11) is 3.36. The van der Waals surface area contributed by atoms with Crippen molar-refractivity contribution in [3.63, 3.8) is 0 Å². The van der Waals surface area contributed by atoms with Crippen molar-refractivity contribution in [3.05, 3.63) is 132 Å². The van der Waals surface area contributed by atoms with Crippen LogP contribution in [0, 0.1) is 0 Å². The molecule has 0 fully saturated rings. The zero-order chi connectivity index (χ0) is 50.0. The third-order valence-electron chi connectivity index (χ3n) is 12.0. The van der Waals surface area contributed by atoms with Crippen LogP contribution in [0.25, 0.3) is 17.0 Å². The lowest BCUT2D eigenvalue weighted by molar-refractivity contribution is -0.330. The summed E-state index contributed by atoms with van der Waals surface area (Å²) in [6.07, 6.45) is 21.0. The summed E-state index contributed by atoms with van der Waals surface area (Å²) in [4.78, 5) is 6.43. The highest BCUT2D eigenvalue weighted by molar-refractivity contribution is 5.67. The van der Waals surface area contributed by atoms with Crippen LogP contribution in [-0.4, -0.2) is 82.9 Å². The number of aromatic hydroxyl groups is 1. The molecule has 5 aromatic rings. The lowest BCUT2D eigenvalue weighted by atomic mass is 9.99. The fourth-order valence-corrected chi connectivity index (χ4v) is 8.28. The maximum Gasteiger partial charge on any atom is 0.203 e. The Labute approximate surface area is 420 Å². The average molecular weight is 961 g/mol. The molecule has 0 aliphatic carbocycles. The van der Waals surface area contributed by atoms with Crippen LogP contribution in [0.4, 0.5) is 0 Å². The fourth-order valence-electron chi connectivity index (χ4n) is 8.28. The summed E-state index contributed by atoms with van der Waals surface area (Å²) in [5.41, 5.74) is 4.94. The average Bonchev–Trinajstić information content (AvgIpc) is 3.41. The number of unbranched alkanes of at least 4 members (excludes halogenated alkanes) is 13. The number of likely N-dealkylation sites (N-methyl/N-ethyl adjacent to an activating group) is 1. The molecule has 382 valence electrons. The lowest BCUT2D eigenvalue weighted by Gasteiger charge is -2.50. The van der Waals surface area contributed by atoms with Gasteiger partial charge in [0, 0.05) is 24.2 Å². The molecular formula is C58H84N6O6. The normalized spacial score (nSPS) is 13.8. The highest BCUT2D eigenvalue weighted by Crippen LogP contribution is 2.42. The van der Waals surface area contributed by atoms with Gasteiger partial charge in [-0.2, -0.15) is 5.17 Å². The van der Waals surface area contributed by atoms with Crippen molar-refractivity contribution >= 4 is 5.70 Å². The highest BCUT2D eigenvalue weighted by atomic mass is 16.7. The van der Waals surface area contributed by atoms with Gasteiger partial charge in [-0.25, -0.2) is 5.01 Å². The van der Waals surface area contributed by atoms with Crippen molar-refractivity contribution in [3.8, 4) is 34.3 Å². The van der Waals surface area contributed by atoms with Gasteiger partial charge < -0.3 is 24.1 Å². The Morgan fingerprint density at radius 1 is 0.529 bits per heavy atom. The number of para-hydroxylation sites is 1. The van der Waals surface area contributed by atoms with E-state index in [-0.39, 0.29) is 11.8 Å². The van der Waals surface area contributed by atoms with Crippen LogP contribution >= 0.6 is 0 Å². The number of benzene rings is 4. The molecule has 0 spiro atoms. The number of hydroxylamine groups is 1. The predicted octanol–water partition coefficient (Wildman–Crippen LogP) is 14.5. The molecule has 70 heavy (non-hydrogen) atoms. The van der Waals surface area contributed by atoms with Gasteiger partial charge in [-0.3, -0.25) is 4.84 Å². The Balaban J connectivity index is 0.000000244. The molecule has 6 rings (SSSR count). The zero-order valence-corrected chi connectivity index (χ0v) is 43.6. The van der Waals surface area contributed by atoms with Crippen molar-refractivity contribution < 1.29 is 28.9 Å². The molecule has 1 unspecified atom stereocenters. The van der Waals surface area contributed by atoms with Crippen molar-refractivity contribution in [2.45, 2.75) is 143 Å². The van der Waals surface area contributed by atoms with E-state index in [2.05, 4.69) is 115 Å². The van der Waals surface area contributed by atoms with E-state index in [1.165, 1.54) is 89.0 Å². The van der Waals surface area contributed by atoms with Crippen LogP contribution in [0.3, 0.4) is 0 Å². The number of aromatic nitrogens is 3. The predicted molar refractivity (Wildman–Crippen MR) is 284 cm³/mol. The first-order valence-corrected chi connectivity index (χ1v) is 26.2. The molecule has 2 heterocycles. The number of hydrazine groups is 2. The summed E-state index contributed by atoms with van der Waals surface area (Å²) in [6.45, 7) is 14.7. The second-order valence-electron chi connectivity index (χ2n) is 17.3. The Kier molecular flexibility index (Phi) is 28.1. The number of methoxy groups -OCH3 is 2. The van der Waals surface area contributed by atoms with Gasteiger partial charge in [-0.15, -0.1) is 15.3 Å². The van der Waals surface area contributed by atoms with Crippen molar-refractivity contribution in [2.24, 2.45) is 0 Å².